The summed E-state index contributed by atoms with van der Waals surface area (Å²) in [4.78, 5) is 14.7. The first kappa shape index (κ1) is 14.4. The van der Waals surface area contributed by atoms with Gasteiger partial charge in [-0.3, -0.25) is 0 Å². The van der Waals surface area contributed by atoms with Gasteiger partial charge >= 0.3 is 5.97 Å². The van der Waals surface area contributed by atoms with Gasteiger partial charge in [-0.2, -0.15) is 0 Å². The average Bonchev–Trinajstić information content (AvgIpc) is 3.17. The molecule has 1 aromatic heterocycles. The number of ether oxygens (including phenoxy) is 1. The third-order valence-electron chi connectivity index (χ3n) is 3.58. The van der Waals surface area contributed by atoms with E-state index in [-0.39, 0.29) is 5.69 Å². The minimum Gasteiger partial charge on any atom is -0.494 e. The number of hydrogen-bond donors (Lipinski definition) is 1. The van der Waals surface area contributed by atoms with Crippen molar-refractivity contribution in [1.82, 2.24) is 15.0 Å². The number of hydrogen-bond acceptors (Lipinski definition) is 5. The molecule has 3 rings (SSSR count). The Morgan fingerprint density at radius 3 is 2.50 bits per heavy atom. The largest absolute Gasteiger partial charge is 0.494 e. The summed E-state index contributed by atoms with van der Waals surface area (Å²) in [7, 11) is 0. The van der Waals surface area contributed by atoms with Crippen LogP contribution in [0.25, 0.3) is 5.69 Å². The van der Waals surface area contributed by atoms with Gasteiger partial charge in [-0.1, -0.05) is 0 Å². The van der Waals surface area contributed by atoms with E-state index >= 15 is 0 Å². The summed E-state index contributed by atoms with van der Waals surface area (Å²) in [5.41, 5.74) is 0.701. The standard InChI is InChI=1S/C15H18N4O3/c1-2-22-12-7-5-11(6-8-12)19-16-13(15(20)21)14(17-19)18-9-3-4-10-18/h5-8H,2-4,9-10H2,1H3,(H,20,21). The molecule has 22 heavy (non-hydrogen) atoms. The number of aromatic carboxylic acids is 1. The fourth-order valence-corrected chi connectivity index (χ4v) is 2.54. The Morgan fingerprint density at radius 2 is 1.91 bits per heavy atom. The van der Waals surface area contributed by atoms with Crippen LogP contribution >= 0.6 is 0 Å². The lowest BCUT2D eigenvalue weighted by atomic mass is 10.3. The number of carbonyl (C=O) groups is 1. The highest BCUT2D eigenvalue weighted by atomic mass is 16.5. The Balaban J connectivity index is 1.93. The van der Waals surface area contributed by atoms with Crippen LogP contribution in [0.5, 0.6) is 5.75 Å². The van der Waals surface area contributed by atoms with Gasteiger partial charge in [-0.25, -0.2) is 4.79 Å². The zero-order valence-electron chi connectivity index (χ0n) is 12.4. The van der Waals surface area contributed by atoms with E-state index in [0.717, 1.165) is 31.7 Å². The molecule has 1 fully saturated rings. The van der Waals surface area contributed by atoms with Crippen LogP contribution in [0.3, 0.4) is 0 Å². The van der Waals surface area contributed by atoms with Crippen molar-refractivity contribution in [2.45, 2.75) is 19.8 Å². The van der Waals surface area contributed by atoms with Gasteiger partial charge in [0.15, 0.2) is 5.82 Å². The molecule has 2 heterocycles. The van der Waals surface area contributed by atoms with E-state index < -0.39 is 5.97 Å². The summed E-state index contributed by atoms with van der Waals surface area (Å²) in [6, 6.07) is 7.26. The van der Waals surface area contributed by atoms with Crippen LogP contribution in [0, 0.1) is 0 Å². The average molecular weight is 302 g/mol. The van der Waals surface area contributed by atoms with Crippen LogP contribution in [0.4, 0.5) is 5.82 Å². The lowest BCUT2D eigenvalue weighted by molar-refractivity contribution is 0.0690. The SMILES string of the molecule is CCOc1ccc(-n2nc(C(=O)O)c(N3CCCC3)n2)cc1. The van der Waals surface area contributed by atoms with Crippen LogP contribution in [-0.2, 0) is 0 Å². The van der Waals surface area contributed by atoms with Crippen molar-refractivity contribution >= 4 is 11.8 Å². The van der Waals surface area contributed by atoms with Gasteiger partial charge in [0.2, 0.25) is 5.69 Å². The first-order valence-electron chi connectivity index (χ1n) is 7.38. The van der Waals surface area contributed by atoms with E-state index in [9.17, 15) is 9.90 Å². The minimum absolute atomic E-state index is 0.00390. The topological polar surface area (TPSA) is 80.5 Å². The van der Waals surface area contributed by atoms with E-state index in [4.69, 9.17) is 4.74 Å². The highest BCUT2D eigenvalue weighted by Crippen LogP contribution is 2.23. The fourth-order valence-electron chi connectivity index (χ4n) is 2.54. The molecule has 0 atom stereocenters. The Morgan fingerprint density at radius 1 is 1.23 bits per heavy atom. The maximum atomic E-state index is 11.4. The van der Waals surface area contributed by atoms with Gasteiger partial charge < -0.3 is 14.7 Å². The van der Waals surface area contributed by atoms with Crippen LogP contribution in [0.15, 0.2) is 24.3 Å². The number of carboxylic acids is 1. The second-order valence-corrected chi connectivity index (χ2v) is 5.09. The third-order valence-corrected chi connectivity index (χ3v) is 3.58. The number of nitrogens with zero attached hydrogens (tertiary/aromatic N) is 4. The Labute approximate surface area is 128 Å². The lowest BCUT2D eigenvalue weighted by Gasteiger charge is -2.13. The Kier molecular flexibility index (Phi) is 3.95. The first-order chi connectivity index (χ1) is 10.7. The van der Waals surface area contributed by atoms with Crippen LogP contribution in [-0.4, -0.2) is 45.8 Å². The van der Waals surface area contributed by atoms with Crippen molar-refractivity contribution in [3.05, 3.63) is 30.0 Å². The van der Waals surface area contributed by atoms with Crippen LogP contribution in [0.1, 0.15) is 30.3 Å². The molecule has 1 aliphatic heterocycles. The molecule has 1 aliphatic rings. The normalized spacial score (nSPS) is 14.3. The molecular formula is C15H18N4O3. The zero-order chi connectivity index (χ0) is 15.5. The molecule has 1 N–H and O–H groups in total. The molecule has 7 heteroatoms. The molecule has 0 bridgehead atoms. The van der Waals surface area contributed by atoms with Gasteiger partial charge in [0.1, 0.15) is 5.75 Å². The minimum atomic E-state index is -1.06. The van der Waals surface area contributed by atoms with Crippen LogP contribution < -0.4 is 9.64 Å². The molecule has 0 radical (unpaired) electrons. The van der Waals surface area contributed by atoms with Gasteiger partial charge in [-0.15, -0.1) is 15.0 Å². The molecule has 0 saturated carbocycles. The molecule has 0 spiro atoms. The summed E-state index contributed by atoms with van der Waals surface area (Å²) in [6.45, 7) is 4.16. The second kappa shape index (κ2) is 6.05. The quantitative estimate of drug-likeness (QED) is 0.909. The number of anilines is 1. The summed E-state index contributed by atoms with van der Waals surface area (Å²) in [5, 5.41) is 17.8. The maximum absolute atomic E-state index is 11.4. The Hall–Kier alpha value is -2.57. The van der Waals surface area contributed by atoms with Crippen molar-refractivity contribution in [2.24, 2.45) is 0 Å². The smallest absolute Gasteiger partial charge is 0.360 e. The van der Waals surface area contributed by atoms with E-state index in [0.29, 0.717) is 18.1 Å². The molecular weight excluding hydrogens is 284 g/mol. The van der Waals surface area contributed by atoms with Crippen LogP contribution in [0.2, 0.25) is 0 Å². The highest BCUT2D eigenvalue weighted by Gasteiger charge is 2.25. The van der Waals surface area contributed by atoms with Gasteiger partial charge in [0.05, 0.1) is 12.3 Å². The first-order valence-corrected chi connectivity index (χ1v) is 7.38. The summed E-state index contributed by atoms with van der Waals surface area (Å²) >= 11 is 0. The molecule has 116 valence electrons. The molecule has 1 saturated heterocycles. The number of benzene rings is 1. The molecule has 1 aromatic carbocycles. The van der Waals surface area contributed by atoms with Crippen molar-refractivity contribution in [1.29, 1.82) is 0 Å². The maximum Gasteiger partial charge on any atom is 0.360 e. The highest BCUT2D eigenvalue weighted by molar-refractivity contribution is 5.91. The van der Waals surface area contributed by atoms with E-state index in [2.05, 4.69) is 10.2 Å². The second-order valence-electron chi connectivity index (χ2n) is 5.09. The predicted octanol–water partition coefficient (Wildman–Crippen LogP) is 1.96. The van der Waals surface area contributed by atoms with Crippen molar-refractivity contribution in [3.8, 4) is 11.4 Å². The number of aromatic nitrogens is 3. The van der Waals surface area contributed by atoms with Crippen molar-refractivity contribution in [2.75, 3.05) is 24.6 Å². The van der Waals surface area contributed by atoms with Gasteiger partial charge in [-0.05, 0) is 44.0 Å². The van der Waals surface area contributed by atoms with E-state index in [1.807, 2.05) is 36.1 Å². The zero-order valence-corrected chi connectivity index (χ0v) is 12.4. The number of rotatable bonds is 5. The van der Waals surface area contributed by atoms with Crippen molar-refractivity contribution in [3.63, 3.8) is 0 Å². The summed E-state index contributed by atoms with van der Waals surface area (Å²) < 4.78 is 5.39. The number of carboxylic acid groups (broad SMARTS) is 1. The predicted molar refractivity (Wildman–Crippen MR) is 80.9 cm³/mol. The molecule has 0 aliphatic carbocycles. The summed E-state index contributed by atoms with van der Waals surface area (Å²) in [6.07, 6.45) is 2.10. The van der Waals surface area contributed by atoms with E-state index in [1.165, 1.54) is 4.80 Å². The van der Waals surface area contributed by atoms with Gasteiger partial charge in [0, 0.05) is 13.1 Å². The van der Waals surface area contributed by atoms with Crippen molar-refractivity contribution < 1.29 is 14.6 Å². The molecule has 0 amide bonds. The molecule has 7 nitrogen and oxygen atoms in total. The lowest BCUT2D eigenvalue weighted by Crippen LogP contribution is -2.20. The van der Waals surface area contributed by atoms with E-state index in [1.54, 1.807) is 0 Å². The monoisotopic (exact) mass is 302 g/mol. The van der Waals surface area contributed by atoms with Gasteiger partial charge in [0.25, 0.3) is 0 Å². The Bertz CT molecular complexity index is 660. The molecule has 0 unspecified atom stereocenters. The molecule has 2 aromatic rings. The fraction of sp³-hybridized carbons (Fsp3) is 0.400. The summed E-state index contributed by atoms with van der Waals surface area (Å²) in [5.74, 6) is 0.148. The third kappa shape index (κ3) is 2.74.